The molecule has 1 atom stereocenters. The maximum atomic E-state index is 12.7. The molecule has 1 amide bonds. The molecule has 2 aromatic carbocycles. The van der Waals surface area contributed by atoms with Gasteiger partial charge < -0.3 is 19.7 Å². The van der Waals surface area contributed by atoms with Crippen LogP contribution in [0.25, 0.3) is 0 Å². The molecule has 0 bridgehead atoms. The molecule has 1 aliphatic rings. The standard InChI is InChI=1S/C24H26N2O3S/c27-24(20-8-10-21(11-9-20)29-18-19-5-2-1-3-6-19)25-17-22(23-7-4-16-30-23)26-12-14-28-15-13-26/h1-11,16,22H,12-15,17-18H2,(H,25,27)/p+1/t22-/m1/s1. The summed E-state index contributed by atoms with van der Waals surface area (Å²) >= 11 is 1.75. The average molecular weight is 424 g/mol. The van der Waals surface area contributed by atoms with Crippen LogP contribution in [0, 0.1) is 0 Å². The zero-order valence-electron chi connectivity index (χ0n) is 16.9. The molecule has 3 aromatic rings. The van der Waals surface area contributed by atoms with Gasteiger partial charge in [-0.05, 0) is 41.3 Å². The van der Waals surface area contributed by atoms with E-state index >= 15 is 0 Å². The lowest BCUT2D eigenvalue weighted by Gasteiger charge is -2.31. The smallest absolute Gasteiger partial charge is 0.251 e. The van der Waals surface area contributed by atoms with Gasteiger partial charge in [0.1, 0.15) is 31.5 Å². The van der Waals surface area contributed by atoms with Gasteiger partial charge in [0.25, 0.3) is 5.91 Å². The summed E-state index contributed by atoms with van der Waals surface area (Å²) in [6.07, 6.45) is 0. The summed E-state index contributed by atoms with van der Waals surface area (Å²) in [7, 11) is 0. The number of amides is 1. The molecule has 2 heterocycles. The van der Waals surface area contributed by atoms with Gasteiger partial charge in [0.15, 0.2) is 0 Å². The van der Waals surface area contributed by atoms with Crippen LogP contribution < -0.4 is 15.0 Å². The molecular formula is C24H27N2O3S+. The highest BCUT2D eigenvalue weighted by Crippen LogP contribution is 2.17. The summed E-state index contributed by atoms with van der Waals surface area (Å²) in [5.74, 6) is 0.698. The Hall–Kier alpha value is -2.67. The van der Waals surface area contributed by atoms with Crippen LogP contribution in [0.15, 0.2) is 72.1 Å². The molecule has 1 fully saturated rings. The molecule has 0 saturated carbocycles. The molecule has 0 spiro atoms. The Kier molecular flexibility index (Phi) is 7.13. The van der Waals surface area contributed by atoms with Crippen molar-refractivity contribution in [2.24, 2.45) is 0 Å². The molecule has 1 aliphatic heterocycles. The van der Waals surface area contributed by atoms with E-state index in [1.165, 1.54) is 9.78 Å². The first-order chi connectivity index (χ1) is 14.8. The Morgan fingerprint density at radius 3 is 2.50 bits per heavy atom. The van der Waals surface area contributed by atoms with Crippen LogP contribution >= 0.6 is 11.3 Å². The number of carbonyl (C=O) groups excluding carboxylic acids is 1. The third-order valence-corrected chi connectivity index (χ3v) is 6.33. The normalized spacial score (nSPS) is 15.5. The lowest BCUT2D eigenvalue weighted by atomic mass is 10.1. The van der Waals surface area contributed by atoms with Crippen LogP contribution in [0.5, 0.6) is 5.75 Å². The van der Waals surface area contributed by atoms with Gasteiger partial charge in [-0.3, -0.25) is 4.79 Å². The van der Waals surface area contributed by atoms with Gasteiger partial charge in [-0.1, -0.05) is 36.4 Å². The Morgan fingerprint density at radius 2 is 1.80 bits per heavy atom. The number of nitrogens with one attached hydrogen (secondary N) is 2. The van der Waals surface area contributed by atoms with E-state index in [0.29, 0.717) is 18.7 Å². The van der Waals surface area contributed by atoms with Gasteiger partial charge in [-0.25, -0.2) is 0 Å². The van der Waals surface area contributed by atoms with E-state index in [1.54, 1.807) is 11.3 Å². The fraction of sp³-hybridized carbons (Fsp3) is 0.292. The largest absolute Gasteiger partial charge is 0.489 e. The maximum Gasteiger partial charge on any atom is 0.251 e. The summed E-state index contributed by atoms with van der Waals surface area (Å²) in [6.45, 7) is 4.60. The molecular weight excluding hydrogens is 396 g/mol. The second-order valence-corrected chi connectivity index (χ2v) is 8.33. The van der Waals surface area contributed by atoms with E-state index < -0.39 is 0 Å². The number of hydrogen-bond acceptors (Lipinski definition) is 4. The van der Waals surface area contributed by atoms with Crippen molar-refractivity contribution in [2.75, 3.05) is 32.8 Å². The van der Waals surface area contributed by atoms with Crippen molar-refractivity contribution in [1.29, 1.82) is 0 Å². The van der Waals surface area contributed by atoms with Crippen LogP contribution in [-0.2, 0) is 11.3 Å². The predicted octanol–water partition coefficient (Wildman–Crippen LogP) is 2.71. The van der Waals surface area contributed by atoms with E-state index in [0.717, 1.165) is 37.6 Å². The number of morpholine rings is 1. The Morgan fingerprint density at radius 1 is 1.03 bits per heavy atom. The van der Waals surface area contributed by atoms with Crippen LogP contribution in [0.3, 0.4) is 0 Å². The van der Waals surface area contributed by atoms with Crippen molar-refractivity contribution in [3.05, 3.63) is 88.1 Å². The monoisotopic (exact) mass is 423 g/mol. The lowest BCUT2D eigenvalue weighted by Crippen LogP contribution is -3.15. The van der Waals surface area contributed by atoms with Gasteiger partial charge in [-0.15, -0.1) is 11.3 Å². The maximum absolute atomic E-state index is 12.7. The Labute approximate surface area is 181 Å². The molecule has 6 heteroatoms. The molecule has 0 unspecified atom stereocenters. The topological polar surface area (TPSA) is 52.0 Å². The van der Waals surface area contributed by atoms with Gasteiger partial charge in [-0.2, -0.15) is 0 Å². The van der Waals surface area contributed by atoms with Gasteiger partial charge in [0.05, 0.1) is 24.6 Å². The minimum atomic E-state index is -0.0566. The number of benzene rings is 2. The van der Waals surface area contributed by atoms with Crippen molar-refractivity contribution in [3.63, 3.8) is 0 Å². The number of ether oxygens (including phenoxy) is 2. The van der Waals surface area contributed by atoms with Crippen LogP contribution in [0.4, 0.5) is 0 Å². The quantitative estimate of drug-likeness (QED) is 0.586. The number of quaternary nitrogens is 1. The van der Waals surface area contributed by atoms with E-state index in [2.05, 4.69) is 22.8 Å². The van der Waals surface area contributed by atoms with E-state index in [-0.39, 0.29) is 11.9 Å². The van der Waals surface area contributed by atoms with Crippen LogP contribution in [-0.4, -0.2) is 38.8 Å². The predicted molar refractivity (Wildman–Crippen MR) is 118 cm³/mol. The molecule has 30 heavy (non-hydrogen) atoms. The molecule has 4 rings (SSSR count). The van der Waals surface area contributed by atoms with Gasteiger partial charge in [0.2, 0.25) is 0 Å². The third-order valence-electron chi connectivity index (χ3n) is 5.35. The third kappa shape index (κ3) is 5.48. The van der Waals surface area contributed by atoms with Crippen LogP contribution in [0.2, 0.25) is 0 Å². The summed E-state index contributed by atoms with van der Waals surface area (Å²) in [6, 6.07) is 21.9. The van der Waals surface area contributed by atoms with Crippen molar-refractivity contribution >= 4 is 17.2 Å². The zero-order valence-corrected chi connectivity index (χ0v) is 17.7. The molecule has 1 aromatic heterocycles. The second-order valence-electron chi connectivity index (χ2n) is 7.35. The first-order valence-corrected chi connectivity index (χ1v) is 11.2. The van der Waals surface area contributed by atoms with Crippen LogP contribution in [0.1, 0.15) is 26.8 Å². The number of rotatable bonds is 8. The fourth-order valence-electron chi connectivity index (χ4n) is 3.66. The summed E-state index contributed by atoms with van der Waals surface area (Å²) in [5.41, 5.74) is 1.76. The van der Waals surface area contributed by atoms with Crippen molar-refractivity contribution in [1.82, 2.24) is 5.32 Å². The molecule has 0 radical (unpaired) electrons. The average Bonchev–Trinajstić information content (AvgIpc) is 3.34. The highest BCUT2D eigenvalue weighted by molar-refractivity contribution is 7.10. The molecule has 1 saturated heterocycles. The van der Waals surface area contributed by atoms with E-state index in [1.807, 2.05) is 54.6 Å². The Bertz CT molecular complexity index is 907. The SMILES string of the molecule is O=C(NC[C@H](c1cccs1)[NH+]1CCOCC1)c1ccc(OCc2ccccc2)cc1. The minimum Gasteiger partial charge on any atom is -0.489 e. The number of hydrogen-bond donors (Lipinski definition) is 2. The molecule has 2 N–H and O–H groups in total. The minimum absolute atomic E-state index is 0.0566. The summed E-state index contributed by atoms with van der Waals surface area (Å²) in [5, 5.41) is 5.22. The lowest BCUT2D eigenvalue weighted by molar-refractivity contribution is -0.937. The zero-order chi connectivity index (χ0) is 20.6. The molecule has 156 valence electrons. The van der Waals surface area contributed by atoms with Crippen molar-refractivity contribution in [3.8, 4) is 5.75 Å². The fourth-order valence-corrected chi connectivity index (χ4v) is 4.54. The second kappa shape index (κ2) is 10.4. The van der Waals surface area contributed by atoms with E-state index in [9.17, 15) is 4.79 Å². The van der Waals surface area contributed by atoms with Gasteiger partial charge in [0, 0.05) is 5.56 Å². The first-order valence-electron chi connectivity index (χ1n) is 10.3. The Balaban J connectivity index is 1.33. The highest BCUT2D eigenvalue weighted by Gasteiger charge is 2.27. The summed E-state index contributed by atoms with van der Waals surface area (Å²) in [4.78, 5) is 15.5. The number of thiophene rings is 1. The van der Waals surface area contributed by atoms with Crippen molar-refractivity contribution < 1.29 is 19.2 Å². The van der Waals surface area contributed by atoms with Crippen molar-refractivity contribution in [2.45, 2.75) is 12.6 Å². The first kappa shape index (κ1) is 20.6. The van der Waals surface area contributed by atoms with Gasteiger partial charge >= 0.3 is 0 Å². The molecule has 5 nitrogen and oxygen atoms in total. The highest BCUT2D eigenvalue weighted by atomic mass is 32.1. The summed E-state index contributed by atoms with van der Waals surface area (Å²) < 4.78 is 11.3. The van der Waals surface area contributed by atoms with E-state index in [4.69, 9.17) is 9.47 Å². The number of carbonyl (C=O) groups is 1. The molecule has 0 aliphatic carbocycles.